The molecule has 27 heavy (non-hydrogen) atoms. The number of epoxide rings is 1. The van der Waals surface area contributed by atoms with E-state index in [0.29, 0.717) is 6.61 Å². The number of carbonyl (C=O) groups is 2. The first-order chi connectivity index (χ1) is 12.9. The molecule has 0 radical (unpaired) electrons. The first kappa shape index (κ1) is 17.2. The molecule has 0 aromatic carbocycles. The van der Waals surface area contributed by atoms with Crippen molar-refractivity contribution in [2.45, 2.75) is 62.9 Å². The lowest BCUT2D eigenvalue weighted by Gasteiger charge is -2.29. The maximum absolute atomic E-state index is 12.9. The molecule has 0 N–H and O–H groups in total. The van der Waals surface area contributed by atoms with Crippen LogP contribution in [0.15, 0.2) is 22.0 Å². The first-order valence-electron chi connectivity index (χ1n) is 9.76. The highest BCUT2D eigenvalue weighted by Crippen LogP contribution is 2.68. The van der Waals surface area contributed by atoms with Crippen LogP contribution in [0.2, 0.25) is 0 Å². The van der Waals surface area contributed by atoms with Crippen LogP contribution in [0, 0.1) is 11.8 Å². The fourth-order valence-corrected chi connectivity index (χ4v) is 5.84. The van der Waals surface area contributed by atoms with Crippen LogP contribution in [0.5, 0.6) is 0 Å². The largest absolute Gasteiger partial charge is 0.465 e. The number of fused-ring (bicyclic) bond motifs is 3. The van der Waals surface area contributed by atoms with Crippen LogP contribution in [-0.4, -0.2) is 59.5 Å². The standard InChI is InChI=1S/C19H25N3O5/c1-4-25-13(23)9-22-10-18(20-21-22)12-6-7-17(3)19(27-17)8-5-11(2)14(19)15(12)26-16(18)24/h5,12,14-15H,4,6-10H2,1-3H3/t12-,14-,15+,17+,18+,19-/m1/s1. The first-order valence-corrected chi connectivity index (χ1v) is 9.76. The number of rotatable bonds is 3. The van der Waals surface area contributed by atoms with Crippen molar-refractivity contribution in [1.82, 2.24) is 5.01 Å². The summed E-state index contributed by atoms with van der Waals surface area (Å²) in [4.78, 5) is 24.7. The van der Waals surface area contributed by atoms with Gasteiger partial charge in [-0.3, -0.25) is 9.80 Å². The molecule has 1 saturated carbocycles. The Morgan fingerprint density at radius 1 is 1.48 bits per heavy atom. The Balaban J connectivity index is 1.43. The minimum atomic E-state index is -1.02. The molecular weight excluding hydrogens is 350 g/mol. The fraction of sp³-hybridized carbons (Fsp3) is 0.789. The van der Waals surface area contributed by atoms with E-state index in [4.69, 9.17) is 14.2 Å². The van der Waals surface area contributed by atoms with Crippen LogP contribution in [0.3, 0.4) is 0 Å². The zero-order valence-corrected chi connectivity index (χ0v) is 15.9. The summed E-state index contributed by atoms with van der Waals surface area (Å²) < 4.78 is 17.2. The van der Waals surface area contributed by atoms with Crippen LogP contribution < -0.4 is 0 Å². The van der Waals surface area contributed by atoms with Gasteiger partial charge in [-0.05, 0) is 40.0 Å². The Morgan fingerprint density at radius 3 is 3.07 bits per heavy atom. The van der Waals surface area contributed by atoms with Crippen molar-refractivity contribution in [3.63, 3.8) is 0 Å². The Kier molecular flexibility index (Phi) is 3.37. The van der Waals surface area contributed by atoms with Crippen LogP contribution >= 0.6 is 0 Å². The lowest BCUT2D eigenvalue weighted by atomic mass is 9.75. The molecule has 3 fully saturated rings. The highest BCUT2D eigenvalue weighted by Gasteiger charge is 2.78. The maximum atomic E-state index is 12.9. The summed E-state index contributed by atoms with van der Waals surface area (Å²) in [5.74, 6) is -0.676. The smallest absolute Gasteiger partial charge is 0.338 e. The second-order valence-electron chi connectivity index (χ2n) is 8.61. The third-order valence-electron chi connectivity index (χ3n) is 7.24. The zero-order chi connectivity index (χ0) is 19.0. The molecule has 8 nitrogen and oxygen atoms in total. The van der Waals surface area contributed by atoms with Gasteiger partial charge in [0.2, 0.25) is 5.54 Å². The quantitative estimate of drug-likeness (QED) is 0.424. The van der Waals surface area contributed by atoms with Gasteiger partial charge in [0.15, 0.2) is 0 Å². The number of ether oxygens (including phenoxy) is 3. The van der Waals surface area contributed by atoms with Gasteiger partial charge in [-0.15, -0.1) is 5.11 Å². The van der Waals surface area contributed by atoms with Crippen molar-refractivity contribution in [3.8, 4) is 0 Å². The number of carbonyl (C=O) groups excluding carboxylic acids is 2. The Labute approximate surface area is 157 Å². The predicted octanol–water partition coefficient (Wildman–Crippen LogP) is 1.80. The van der Waals surface area contributed by atoms with E-state index < -0.39 is 5.54 Å². The molecule has 0 amide bonds. The van der Waals surface area contributed by atoms with Crippen molar-refractivity contribution in [2.24, 2.45) is 22.2 Å². The van der Waals surface area contributed by atoms with Crippen molar-refractivity contribution >= 4 is 11.9 Å². The van der Waals surface area contributed by atoms with E-state index in [2.05, 4.69) is 30.3 Å². The van der Waals surface area contributed by atoms with Crippen molar-refractivity contribution in [1.29, 1.82) is 0 Å². The van der Waals surface area contributed by atoms with Gasteiger partial charge < -0.3 is 14.2 Å². The van der Waals surface area contributed by atoms with E-state index in [-0.39, 0.29) is 54.2 Å². The van der Waals surface area contributed by atoms with Crippen LogP contribution in [-0.2, 0) is 23.8 Å². The average Bonchev–Trinajstić information content (AvgIpc) is 2.89. The summed E-state index contributed by atoms with van der Waals surface area (Å²) in [6.07, 6.45) is 4.52. The second kappa shape index (κ2) is 5.31. The van der Waals surface area contributed by atoms with Crippen LogP contribution in [0.25, 0.3) is 0 Å². The monoisotopic (exact) mass is 375 g/mol. The molecule has 2 spiro atoms. The molecular formula is C19H25N3O5. The minimum Gasteiger partial charge on any atom is -0.465 e. The summed E-state index contributed by atoms with van der Waals surface area (Å²) in [6, 6.07) is 0. The highest BCUT2D eigenvalue weighted by molar-refractivity contribution is 5.85. The van der Waals surface area contributed by atoms with Gasteiger partial charge in [0, 0.05) is 11.8 Å². The maximum Gasteiger partial charge on any atom is 0.338 e. The molecule has 2 saturated heterocycles. The van der Waals surface area contributed by atoms with Gasteiger partial charge in [0.05, 0.1) is 18.8 Å². The predicted molar refractivity (Wildman–Crippen MR) is 92.5 cm³/mol. The number of hydrogen-bond acceptors (Lipinski definition) is 8. The summed E-state index contributed by atoms with van der Waals surface area (Å²) in [7, 11) is 0. The average molecular weight is 375 g/mol. The van der Waals surface area contributed by atoms with Gasteiger partial charge in [0.1, 0.15) is 18.2 Å². The van der Waals surface area contributed by atoms with Gasteiger partial charge >= 0.3 is 11.9 Å². The molecule has 146 valence electrons. The van der Waals surface area contributed by atoms with Crippen molar-refractivity contribution in [2.75, 3.05) is 19.7 Å². The van der Waals surface area contributed by atoms with Crippen molar-refractivity contribution in [3.05, 3.63) is 11.6 Å². The minimum absolute atomic E-state index is 0.00310. The van der Waals surface area contributed by atoms with Gasteiger partial charge in [-0.1, -0.05) is 16.9 Å². The van der Waals surface area contributed by atoms with Gasteiger partial charge in [-0.25, -0.2) is 4.79 Å². The third-order valence-corrected chi connectivity index (χ3v) is 7.24. The Hall–Kier alpha value is -1.96. The SMILES string of the molecule is CCOC(=O)CN1C[C@@]2(N=N1)C(=O)O[C@H]1[C@H]2CC[C@]2(C)O[C@@]23CC=C(C)[C@H]13. The lowest BCUT2D eigenvalue weighted by Crippen LogP contribution is -2.47. The van der Waals surface area contributed by atoms with E-state index in [1.54, 1.807) is 6.92 Å². The van der Waals surface area contributed by atoms with E-state index in [9.17, 15) is 9.59 Å². The summed E-state index contributed by atoms with van der Waals surface area (Å²) in [5, 5.41) is 10.0. The fourth-order valence-electron chi connectivity index (χ4n) is 5.84. The molecule has 0 unspecified atom stereocenters. The second-order valence-corrected chi connectivity index (χ2v) is 8.61. The zero-order valence-electron chi connectivity index (χ0n) is 15.9. The summed E-state index contributed by atoms with van der Waals surface area (Å²) >= 11 is 0. The summed E-state index contributed by atoms with van der Waals surface area (Å²) in [5.41, 5.74) is -0.180. The lowest BCUT2D eigenvalue weighted by molar-refractivity contribution is -0.148. The molecule has 0 bridgehead atoms. The normalized spacial score (nSPS) is 46.5. The molecule has 2 aliphatic carbocycles. The molecule has 6 atom stereocenters. The molecule has 8 heteroatoms. The van der Waals surface area contributed by atoms with E-state index >= 15 is 0 Å². The topological polar surface area (TPSA) is 93.1 Å². The molecule has 0 aromatic heterocycles. The highest BCUT2D eigenvalue weighted by atomic mass is 16.6. The molecule has 5 rings (SSSR count). The van der Waals surface area contributed by atoms with Gasteiger partial charge in [-0.2, -0.15) is 0 Å². The van der Waals surface area contributed by atoms with Crippen molar-refractivity contribution < 1.29 is 23.8 Å². The van der Waals surface area contributed by atoms with Crippen LogP contribution in [0.1, 0.15) is 40.0 Å². The van der Waals surface area contributed by atoms with Gasteiger partial charge in [0.25, 0.3) is 0 Å². The molecule has 3 aliphatic heterocycles. The molecule has 0 aromatic rings. The van der Waals surface area contributed by atoms with E-state index in [0.717, 1.165) is 19.3 Å². The van der Waals surface area contributed by atoms with E-state index in [1.807, 2.05) is 0 Å². The van der Waals surface area contributed by atoms with Crippen LogP contribution in [0.4, 0.5) is 0 Å². The molecule has 5 aliphatic rings. The number of esters is 2. The van der Waals surface area contributed by atoms with E-state index in [1.165, 1.54) is 10.6 Å². The number of hydrogen-bond donors (Lipinski definition) is 0. The number of nitrogens with zero attached hydrogens (tertiary/aromatic N) is 3. The molecule has 3 heterocycles. The Bertz CT molecular complexity index is 781. The summed E-state index contributed by atoms with van der Waals surface area (Å²) in [6.45, 7) is 6.62. The Morgan fingerprint density at radius 2 is 2.30 bits per heavy atom. The third kappa shape index (κ3) is 2.07.